The molecule has 0 spiro atoms. The Morgan fingerprint density at radius 3 is 2.70 bits per heavy atom. The van der Waals surface area contributed by atoms with E-state index in [0.717, 1.165) is 44.9 Å². The number of aryl methyl sites for hydroxylation is 2. The summed E-state index contributed by atoms with van der Waals surface area (Å²) >= 11 is 0. The zero-order valence-electron chi connectivity index (χ0n) is 15.3. The Bertz CT molecular complexity index is 1290. The molecule has 5 aromatic heterocycles. The molecule has 0 amide bonds. The second-order valence-electron chi connectivity index (χ2n) is 6.58. The Morgan fingerprint density at radius 1 is 1.04 bits per heavy atom. The Hall–Kier alpha value is -3.61. The number of aromatic nitrogens is 6. The minimum Gasteiger partial charge on any atom is -0.494 e. The van der Waals surface area contributed by atoms with Crippen LogP contribution < -0.4 is 4.74 Å². The van der Waals surface area contributed by atoms with Gasteiger partial charge in [0, 0.05) is 42.3 Å². The van der Waals surface area contributed by atoms with E-state index in [1.54, 1.807) is 11.8 Å². The van der Waals surface area contributed by atoms with Crippen molar-refractivity contribution in [2.75, 3.05) is 7.11 Å². The summed E-state index contributed by atoms with van der Waals surface area (Å²) in [5.74, 6) is 0.756. The maximum absolute atomic E-state index is 5.71. The van der Waals surface area contributed by atoms with Gasteiger partial charge >= 0.3 is 0 Å². The van der Waals surface area contributed by atoms with Crippen LogP contribution in [0, 0.1) is 6.92 Å². The molecular formula is C20H18N6O. The first kappa shape index (κ1) is 15.6. The monoisotopic (exact) mass is 358 g/mol. The summed E-state index contributed by atoms with van der Waals surface area (Å²) < 4.78 is 11.4. The number of ether oxygens (including phenoxy) is 1. The molecule has 134 valence electrons. The van der Waals surface area contributed by atoms with Crippen LogP contribution in [-0.2, 0) is 7.05 Å². The van der Waals surface area contributed by atoms with Crippen molar-refractivity contribution in [1.29, 1.82) is 0 Å². The zero-order valence-corrected chi connectivity index (χ0v) is 15.3. The van der Waals surface area contributed by atoms with Gasteiger partial charge in [0.1, 0.15) is 16.9 Å². The summed E-state index contributed by atoms with van der Waals surface area (Å²) in [4.78, 5) is 4.58. The van der Waals surface area contributed by atoms with Gasteiger partial charge in [0.05, 0.1) is 31.4 Å². The van der Waals surface area contributed by atoms with Gasteiger partial charge in [-0.05, 0) is 24.6 Å². The van der Waals surface area contributed by atoms with Crippen molar-refractivity contribution in [3.63, 3.8) is 0 Å². The van der Waals surface area contributed by atoms with Crippen LogP contribution in [-0.4, -0.2) is 35.9 Å². The van der Waals surface area contributed by atoms with Gasteiger partial charge < -0.3 is 4.74 Å². The van der Waals surface area contributed by atoms with Crippen LogP contribution in [0.1, 0.15) is 5.56 Å². The molecule has 0 aliphatic heterocycles. The quantitative estimate of drug-likeness (QED) is 0.496. The summed E-state index contributed by atoms with van der Waals surface area (Å²) in [5, 5.41) is 8.83. The van der Waals surface area contributed by atoms with Crippen molar-refractivity contribution < 1.29 is 4.74 Å². The molecule has 0 atom stereocenters. The van der Waals surface area contributed by atoms with Crippen LogP contribution in [0.5, 0.6) is 5.75 Å². The molecule has 0 aliphatic rings. The number of imidazole rings is 1. The van der Waals surface area contributed by atoms with Gasteiger partial charge in [0.2, 0.25) is 0 Å². The predicted octanol–water partition coefficient (Wildman–Crippen LogP) is 3.37. The fourth-order valence-corrected chi connectivity index (χ4v) is 3.51. The third kappa shape index (κ3) is 2.32. The molecule has 7 heteroatoms. The molecular weight excluding hydrogens is 340 g/mol. The van der Waals surface area contributed by atoms with Gasteiger partial charge in [0.15, 0.2) is 0 Å². The summed E-state index contributed by atoms with van der Waals surface area (Å²) in [5.41, 5.74) is 6.95. The summed E-state index contributed by atoms with van der Waals surface area (Å²) in [6.45, 7) is 2.06. The molecule has 27 heavy (non-hydrogen) atoms. The number of fused-ring (bicyclic) bond motifs is 2. The number of methoxy groups -OCH3 is 1. The van der Waals surface area contributed by atoms with Crippen molar-refractivity contribution in [2.45, 2.75) is 6.92 Å². The number of nitrogens with zero attached hydrogens (tertiary/aromatic N) is 6. The highest BCUT2D eigenvalue weighted by molar-refractivity contribution is 5.86. The van der Waals surface area contributed by atoms with Crippen molar-refractivity contribution in [1.82, 2.24) is 28.8 Å². The van der Waals surface area contributed by atoms with E-state index in [0.29, 0.717) is 0 Å². The molecule has 0 saturated heterocycles. The van der Waals surface area contributed by atoms with E-state index in [9.17, 15) is 0 Å². The van der Waals surface area contributed by atoms with Crippen LogP contribution in [0.25, 0.3) is 33.5 Å². The smallest absolute Gasteiger partial charge is 0.145 e. The Kier molecular flexibility index (Phi) is 3.30. The fraction of sp³-hybridized carbons (Fsp3) is 0.150. The molecule has 0 fully saturated rings. The van der Waals surface area contributed by atoms with Crippen LogP contribution in [0.2, 0.25) is 0 Å². The van der Waals surface area contributed by atoms with E-state index in [2.05, 4.69) is 32.6 Å². The SMILES string of the molecule is COc1cc(-c2cnn(C)c2)cn2ncc(-c3cnc4c(C)cccn34)c12. The minimum absolute atomic E-state index is 0.756. The molecule has 0 saturated carbocycles. The van der Waals surface area contributed by atoms with Gasteiger partial charge in [-0.15, -0.1) is 0 Å². The highest BCUT2D eigenvalue weighted by Crippen LogP contribution is 2.34. The third-order valence-corrected chi connectivity index (χ3v) is 4.84. The molecule has 5 rings (SSSR count). The Labute approximate surface area is 155 Å². The molecule has 0 aromatic carbocycles. The second-order valence-corrected chi connectivity index (χ2v) is 6.58. The minimum atomic E-state index is 0.756. The number of hydrogen-bond donors (Lipinski definition) is 0. The van der Waals surface area contributed by atoms with Crippen molar-refractivity contribution >= 4 is 11.2 Å². The number of pyridine rings is 2. The van der Waals surface area contributed by atoms with Crippen LogP contribution in [0.3, 0.4) is 0 Å². The average molecular weight is 358 g/mol. The first-order valence-electron chi connectivity index (χ1n) is 8.63. The lowest BCUT2D eigenvalue weighted by atomic mass is 10.1. The largest absolute Gasteiger partial charge is 0.494 e. The van der Waals surface area contributed by atoms with Gasteiger partial charge in [-0.2, -0.15) is 10.2 Å². The molecule has 5 heterocycles. The van der Waals surface area contributed by atoms with E-state index in [1.807, 2.05) is 60.9 Å². The molecule has 0 N–H and O–H groups in total. The standard InChI is InChI=1S/C20H18N6O/c1-13-5-4-6-25-17(10-21-20(13)25)16-9-23-26-12-14(7-18(27-3)19(16)26)15-8-22-24(2)11-15/h4-12H,1-3H3. The van der Waals surface area contributed by atoms with Gasteiger partial charge in [-0.3, -0.25) is 9.08 Å². The van der Waals surface area contributed by atoms with Crippen LogP contribution in [0.15, 0.2) is 55.4 Å². The van der Waals surface area contributed by atoms with E-state index in [1.165, 1.54) is 0 Å². The van der Waals surface area contributed by atoms with E-state index < -0.39 is 0 Å². The van der Waals surface area contributed by atoms with E-state index >= 15 is 0 Å². The summed E-state index contributed by atoms with van der Waals surface area (Å²) in [6, 6.07) is 6.10. The number of hydrogen-bond acceptors (Lipinski definition) is 4. The summed E-state index contributed by atoms with van der Waals surface area (Å²) in [7, 11) is 3.58. The maximum atomic E-state index is 5.71. The Balaban J connectivity index is 1.76. The maximum Gasteiger partial charge on any atom is 0.145 e. The molecule has 5 aromatic rings. The zero-order chi connectivity index (χ0) is 18.5. The average Bonchev–Trinajstić information content (AvgIpc) is 3.38. The molecule has 7 nitrogen and oxygen atoms in total. The molecule has 0 bridgehead atoms. The first-order chi connectivity index (χ1) is 13.2. The predicted molar refractivity (Wildman–Crippen MR) is 103 cm³/mol. The lowest BCUT2D eigenvalue weighted by molar-refractivity contribution is 0.418. The van der Waals surface area contributed by atoms with Gasteiger partial charge in [-0.25, -0.2) is 9.50 Å². The van der Waals surface area contributed by atoms with E-state index in [4.69, 9.17) is 4.74 Å². The highest BCUT2D eigenvalue weighted by Gasteiger charge is 2.17. The summed E-state index contributed by atoms with van der Waals surface area (Å²) in [6.07, 6.45) is 11.6. The topological polar surface area (TPSA) is 61.7 Å². The van der Waals surface area contributed by atoms with Crippen molar-refractivity contribution in [3.8, 4) is 28.1 Å². The lowest BCUT2D eigenvalue weighted by Crippen LogP contribution is -1.95. The van der Waals surface area contributed by atoms with Crippen LogP contribution in [0.4, 0.5) is 0 Å². The second kappa shape index (κ2) is 5.70. The molecule has 0 radical (unpaired) electrons. The number of rotatable bonds is 3. The highest BCUT2D eigenvalue weighted by atomic mass is 16.5. The fourth-order valence-electron chi connectivity index (χ4n) is 3.51. The third-order valence-electron chi connectivity index (χ3n) is 4.84. The van der Waals surface area contributed by atoms with Gasteiger partial charge in [-0.1, -0.05) is 6.07 Å². The first-order valence-corrected chi connectivity index (χ1v) is 8.63. The van der Waals surface area contributed by atoms with Crippen LogP contribution >= 0.6 is 0 Å². The molecule has 0 aliphatic carbocycles. The normalized spacial score (nSPS) is 11.5. The molecule has 0 unspecified atom stereocenters. The lowest BCUT2D eigenvalue weighted by Gasteiger charge is -2.08. The van der Waals surface area contributed by atoms with E-state index in [-0.39, 0.29) is 0 Å². The van der Waals surface area contributed by atoms with Crippen molar-refractivity contribution in [2.24, 2.45) is 7.05 Å². The Morgan fingerprint density at radius 2 is 1.93 bits per heavy atom. The van der Waals surface area contributed by atoms with Crippen molar-refractivity contribution in [3.05, 3.63) is 60.9 Å². The van der Waals surface area contributed by atoms with Gasteiger partial charge in [0.25, 0.3) is 0 Å².